The Bertz CT molecular complexity index is 2320. The molecule has 0 atom stereocenters. The first kappa shape index (κ1) is 27.5. The van der Waals surface area contributed by atoms with Crippen molar-refractivity contribution in [2.45, 2.75) is 19.3 Å². The van der Waals surface area contributed by atoms with Gasteiger partial charge in [-0.15, -0.1) is 0 Å². The number of benzene rings is 7. The molecule has 2 nitrogen and oxygen atoms in total. The molecule has 0 spiro atoms. The van der Waals surface area contributed by atoms with Crippen molar-refractivity contribution in [1.29, 1.82) is 0 Å². The molecule has 1 aliphatic carbocycles. The molecule has 0 aliphatic heterocycles. The van der Waals surface area contributed by atoms with Crippen molar-refractivity contribution in [3.05, 3.63) is 175 Å². The standard InChI is InChI=1S/C45H33NO/c1-45(2)38-18-10-9-16-36(38)42-39(45)28-29-41-43(42)37-17-11-19-40(44(37)47-41)46(34-24-20-32(21-25-34)30-12-5-3-6-13-30)35-26-22-33(23-27-35)31-14-7-4-8-15-31/h3-29H,1-2H3. The fourth-order valence-electron chi connectivity index (χ4n) is 7.54. The highest BCUT2D eigenvalue weighted by molar-refractivity contribution is 6.17. The predicted molar refractivity (Wildman–Crippen MR) is 197 cm³/mol. The molecule has 9 rings (SSSR count). The van der Waals surface area contributed by atoms with E-state index in [1.165, 1.54) is 49.9 Å². The molecule has 0 fully saturated rings. The third-order valence-corrected chi connectivity index (χ3v) is 9.89. The van der Waals surface area contributed by atoms with Gasteiger partial charge in [0, 0.05) is 27.6 Å². The van der Waals surface area contributed by atoms with Gasteiger partial charge in [-0.05, 0) is 80.9 Å². The minimum atomic E-state index is -0.0750. The second kappa shape index (κ2) is 10.6. The first-order valence-corrected chi connectivity index (χ1v) is 16.3. The smallest absolute Gasteiger partial charge is 0.159 e. The van der Waals surface area contributed by atoms with Gasteiger partial charge in [-0.1, -0.05) is 141 Å². The summed E-state index contributed by atoms with van der Waals surface area (Å²) in [5.74, 6) is 0. The largest absolute Gasteiger partial charge is 0.454 e. The van der Waals surface area contributed by atoms with Gasteiger partial charge in [-0.2, -0.15) is 0 Å². The number of anilines is 3. The maximum atomic E-state index is 6.86. The highest BCUT2D eigenvalue weighted by atomic mass is 16.3. The van der Waals surface area contributed by atoms with E-state index in [0.717, 1.165) is 33.6 Å². The van der Waals surface area contributed by atoms with Crippen LogP contribution in [0.3, 0.4) is 0 Å². The van der Waals surface area contributed by atoms with Crippen LogP contribution in [0.15, 0.2) is 168 Å². The number of para-hydroxylation sites is 1. The second-order valence-corrected chi connectivity index (χ2v) is 12.9. The summed E-state index contributed by atoms with van der Waals surface area (Å²) in [6, 6.07) is 58.6. The first-order chi connectivity index (χ1) is 23.1. The van der Waals surface area contributed by atoms with E-state index >= 15 is 0 Å². The zero-order valence-electron chi connectivity index (χ0n) is 26.4. The second-order valence-electron chi connectivity index (χ2n) is 12.9. The van der Waals surface area contributed by atoms with Crippen LogP contribution in [0.4, 0.5) is 17.1 Å². The molecular weight excluding hydrogens is 571 g/mol. The molecule has 0 amide bonds. The minimum Gasteiger partial charge on any atom is -0.454 e. The van der Waals surface area contributed by atoms with Crippen LogP contribution in [0.25, 0.3) is 55.3 Å². The summed E-state index contributed by atoms with van der Waals surface area (Å²) in [7, 11) is 0. The van der Waals surface area contributed by atoms with Gasteiger partial charge in [-0.25, -0.2) is 0 Å². The molecule has 8 aromatic rings. The van der Waals surface area contributed by atoms with Crippen LogP contribution in [0.2, 0.25) is 0 Å². The molecular formula is C45H33NO. The van der Waals surface area contributed by atoms with Crippen LogP contribution in [0.5, 0.6) is 0 Å². The van der Waals surface area contributed by atoms with E-state index in [1.807, 2.05) is 0 Å². The first-order valence-electron chi connectivity index (χ1n) is 16.3. The van der Waals surface area contributed by atoms with Gasteiger partial charge in [0.1, 0.15) is 5.58 Å². The van der Waals surface area contributed by atoms with E-state index in [1.54, 1.807) is 0 Å². The lowest BCUT2D eigenvalue weighted by atomic mass is 9.82. The Morgan fingerprint density at radius 3 is 1.64 bits per heavy atom. The van der Waals surface area contributed by atoms with Crippen LogP contribution >= 0.6 is 0 Å². The number of nitrogens with zero attached hydrogens (tertiary/aromatic N) is 1. The molecule has 0 saturated heterocycles. The molecule has 0 bridgehead atoms. The average molecular weight is 604 g/mol. The topological polar surface area (TPSA) is 16.4 Å². The minimum absolute atomic E-state index is 0.0750. The monoisotopic (exact) mass is 603 g/mol. The molecule has 224 valence electrons. The zero-order chi connectivity index (χ0) is 31.5. The molecule has 1 aromatic heterocycles. The van der Waals surface area contributed by atoms with E-state index in [0.29, 0.717) is 0 Å². The molecule has 2 heteroatoms. The Hall–Kier alpha value is -5.86. The van der Waals surface area contributed by atoms with Crippen molar-refractivity contribution in [2.24, 2.45) is 0 Å². The lowest BCUT2D eigenvalue weighted by Gasteiger charge is -2.26. The summed E-state index contributed by atoms with van der Waals surface area (Å²) < 4.78 is 6.86. The molecule has 0 radical (unpaired) electrons. The van der Waals surface area contributed by atoms with Crippen LogP contribution in [-0.4, -0.2) is 0 Å². The van der Waals surface area contributed by atoms with Crippen LogP contribution in [0.1, 0.15) is 25.0 Å². The lowest BCUT2D eigenvalue weighted by molar-refractivity contribution is 0.656. The Morgan fingerprint density at radius 2 is 1.02 bits per heavy atom. The number of rotatable bonds is 5. The van der Waals surface area contributed by atoms with Crippen molar-refractivity contribution in [3.8, 4) is 33.4 Å². The highest BCUT2D eigenvalue weighted by Gasteiger charge is 2.37. The zero-order valence-corrected chi connectivity index (χ0v) is 26.4. The van der Waals surface area contributed by atoms with Crippen LogP contribution in [-0.2, 0) is 5.41 Å². The Labute approximate surface area is 275 Å². The van der Waals surface area contributed by atoms with E-state index in [2.05, 4.69) is 183 Å². The van der Waals surface area contributed by atoms with E-state index in [9.17, 15) is 0 Å². The summed E-state index contributed by atoms with van der Waals surface area (Å²) in [6.45, 7) is 4.66. The lowest BCUT2D eigenvalue weighted by Crippen LogP contribution is -2.14. The van der Waals surface area contributed by atoms with Crippen LogP contribution in [0, 0.1) is 0 Å². The normalized spacial score (nSPS) is 13.1. The van der Waals surface area contributed by atoms with E-state index in [-0.39, 0.29) is 5.41 Å². The van der Waals surface area contributed by atoms with Crippen molar-refractivity contribution in [1.82, 2.24) is 0 Å². The molecule has 1 aliphatic rings. The number of furan rings is 1. The van der Waals surface area contributed by atoms with Gasteiger partial charge >= 0.3 is 0 Å². The van der Waals surface area contributed by atoms with Crippen molar-refractivity contribution < 1.29 is 4.42 Å². The van der Waals surface area contributed by atoms with Crippen molar-refractivity contribution in [3.63, 3.8) is 0 Å². The third-order valence-electron chi connectivity index (χ3n) is 9.89. The predicted octanol–water partition coefficient (Wildman–Crippen LogP) is 12.7. The molecule has 1 heterocycles. The SMILES string of the molecule is CC1(C)c2ccccc2-c2c1ccc1oc3c(N(c4ccc(-c5ccccc5)cc4)c4ccc(-c5ccccc5)cc4)cccc3c21. The molecule has 0 N–H and O–H groups in total. The number of hydrogen-bond acceptors (Lipinski definition) is 2. The quantitative estimate of drug-likeness (QED) is 0.195. The van der Waals surface area contributed by atoms with E-state index < -0.39 is 0 Å². The summed E-state index contributed by atoms with van der Waals surface area (Å²) in [4.78, 5) is 2.33. The van der Waals surface area contributed by atoms with Gasteiger partial charge in [0.15, 0.2) is 5.58 Å². The van der Waals surface area contributed by atoms with E-state index in [4.69, 9.17) is 4.42 Å². The van der Waals surface area contributed by atoms with Crippen LogP contribution < -0.4 is 4.90 Å². The number of hydrogen-bond donors (Lipinski definition) is 0. The maximum Gasteiger partial charge on any atom is 0.159 e. The molecule has 0 saturated carbocycles. The Kier molecular flexibility index (Phi) is 6.20. The average Bonchev–Trinajstić information content (AvgIpc) is 3.62. The summed E-state index contributed by atoms with van der Waals surface area (Å²) in [6.07, 6.45) is 0. The van der Waals surface area contributed by atoms with Crippen molar-refractivity contribution >= 4 is 39.0 Å². The fourth-order valence-corrected chi connectivity index (χ4v) is 7.54. The highest BCUT2D eigenvalue weighted by Crippen LogP contribution is 2.54. The summed E-state index contributed by atoms with van der Waals surface area (Å²) >= 11 is 0. The number of fused-ring (bicyclic) bond motifs is 7. The van der Waals surface area contributed by atoms with Gasteiger partial charge < -0.3 is 9.32 Å². The Balaban J connectivity index is 1.25. The van der Waals surface area contributed by atoms with Crippen molar-refractivity contribution in [2.75, 3.05) is 4.90 Å². The molecule has 0 unspecified atom stereocenters. The molecule has 47 heavy (non-hydrogen) atoms. The fraction of sp³-hybridized carbons (Fsp3) is 0.0667. The Morgan fingerprint density at radius 1 is 0.468 bits per heavy atom. The van der Waals surface area contributed by atoms with Gasteiger partial charge in [0.05, 0.1) is 5.69 Å². The third kappa shape index (κ3) is 4.33. The van der Waals surface area contributed by atoms with Gasteiger partial charge in [0.25, 0.3) is 0 Å². The summed E-state index contributed by atoms with van der Waals surface area (Å²) in [5, 5.41) is 2.32. The maximum absolute atomic E-state index is 6.86. The van der Waals surface area contributed by atoms with Gasteiger partial charge in [-0.3, -0.25) is 0 Å². The molecule has 7 aromatic carbocycles. The van der Waals surface area contributed by atoms with Gasteiger partial charge in [0.2, 0.25) is 0 Å². The summed E-state index contributed by atoms with van der Waals surface area (Å²) in [5.41, 5.74) is 15.0.